The Hall–Kier alpha value is -2.36. The van der Waals surface area contributed by atoms with Crippen LogP contribution in [0.1, 0.15) is 95.5 Å². The van der Waals surface area contributed by atoms with E-state index in [9.17, 15) is 9.59 Å². The second kappa shape index (κ2) is 8.85. The molecule has 4 aliphatic carbocycles. The normalized spacial score (nSPS) is 37.4. The van der Waals surface area contributed by atoms with Crippen LogP contribution in [0.5, 0.6) is 0 Å². The van der Waals surface area contributed by atoms with Crippen molar-refractivity contribution in [2.24, 2.45) is 17.3 Å². The summed E-state index contributed by atoms with van der Waals surface area (Å²) in [6, 6.07) is 9.58. The zero-order chi connectivity index (χ0) is 25.2. The zero-order valence-corrected chi connectivity index (χ0v) is 22.5. The highest BCUT2D eigenvalue weighted by molar-refractivity contribution is 5.93. The average molecular weight is 499 g/mol. The lowest BCUT2D eigenvalue weighted by Gasteiger charge is -2.57. The van der Waals surface area contributed by atoms with E-state index in [4.69, 9.17) is 0 Å². The summed E-state index contributed by atoms with van der Waals surface area (Å²) in [6.07, 6.45) is 16.7. The molecule has 7 rings (SSSR count). The third-order valence-corrected chi connectivity index (χ3v) is 11.7. The Morgan fingerprint density at radius 2 is 1.73 bits per heavy atom. The summed E-state index contributed by atoms with van der Waals surface area (Å²) in [5, 5.41) is 0. The summed E-state index contributed by atoms with van der Waals surface area (Å²) in [5.74, 6) is 1.92. The molecular weight excluding hydrogens is 456 g/mol. The first-order chi connectivity index (χ1) is 18.0. The second-order valence-corrected chi connectivity index (χ2v) is 13.1. The van der Waals surface area contributed by atoms with Crippen LogP contribution < -0.4 is 4.90 Å². The molecule has 4 fully saturated rings. The van der Waals surface area contributed by atoms with Gasteiger partial charge in [-0.25, -0.2) is 0 Å². The first-order valence-corrected chi connectivity index (χ1v) is 15.1. The number of hydrogen-bond donors (Lipinski definition) is 0. The van der Waals surface area contributed by atoms with Crippen LogP contribution in [0.2, 0.25) is 0 Å². The van der Waals surface area contributed by atoms with E-state index in [0.717, 1.165) is 51.5 Å². The van der Waals surface area contributed by atoms with Crippen molar-refractivity contribution in [3.63, 3.8) is 0 Å². The molecule has 37 heavy (non-hydrogen) atoms. The van der Waals surface area contributed by atoms with Crippen LogP contribution in [0.25, 0.3) is 0 Å². The lowest BCUT2D eigenvalue weighted by Crippen LogP contribution is -2.57. The Bertz CT molecular complexity index is 1160. The summed E-state index contributed by atoms with van der Waals surface area (Å²) in [4.78, 5) is 29.4. The predicted molar refractivity (Wildman–Crippen MR) is 148 cm³/mol. The summed E-state index contributed by atoms with van der Waals surface area (Å²) < 4.78 is 0. The molecular formula is C33H42N2O2. The lowest BCUT2D eigenvalue weighted by atomic mass is 9.50. The van der Waals surface area contributed by atoms with Crippen LogP contribution in [0.15, 0.2) is 47.1 Å². The highest BCUT2D eigenvalue weighted by Gasteiger charge is 2.65. The van der Waals surface area contributed by atoms with Gasteiger partial charge in [-0.1, -0.05) is 24.6 Å². The van der Waals surface area contributed by atoms with E-state index in [1.165, 1.54) is 67.6 Å². The molecule has 1 aromatic rings. The van der Waals surface area contributed by atoms with Crippen LogP contribution >= 0.6 is 0 Å². The number of amides is 1. The number of hydrogen-bond acceptors (Lipinski definition) is 3. The van der Waals surface area contributed by atoms with Crippen molar-refractivity contribution >= 4 is 17.9 Å². The highest BCUT2D eigenvalue weighted by Crippen LogP contribution is 2.69. The second-order valence-electron chi connectivity index (χ2n) is 13.1. The molecule has 5 atom stereocenters. The van der Waals surface area contributed by atoms with Gasteiger partial charge >= 0.3 is 0 Å². The monoisotopic (exact) mass is 498 g/mol. The summed E-state index contributed by atoms with van der Waals surface area (Å²) in [5.41, 5.74) is 7.52. The maximum Gasteiger partial charge on any atom is 0.210 e. The summed E-state index contributed by atoms with van der Waals surface area (Å²) in [7, 11) is 0. The van der Waals surface area contributed by atoms with E-state index < -0.39 is 0 Å². The van der Waals surface area contributed by atoms with Gasteiger partial charge in [-0.3, -0.25) is 9.59 Å². The molecule has 1 aromatic carbocycles. The number of allylic oxidation sites excluding steroid dienone is 4. The van der Waals surface area contributed by atoms with E-state index in [1.807, 2.05) is 6.08 Å². The van der Waals surface area contributed by atoms with Gasteiger partial charge in [0.1, 0.15) is 0 Å². The number of ketones is 1. The standard InChI is InChI=1S/C33H42N2O2/c1-32-21-29(23-6-9-25(10-7-23)34-17-3-2-4-18-34)31-27-13-11-26(37)20-24(27)8-12-28(31)30(32)14-16-33(32)15-5-19-35(33)22-36/h6-7,9-10,20,22,28-30H,2-5,8,11-19,21H2,1H3/t28-,29?,30-,32-,33?/m0/s1. The van der Waals surface area contributed by atoms with E-state index in [2.05, 4.69) is 41.0 Å². The van der Waals surface area contributed by atoms with E-state index in [-0.39, 0.29) is 11.0 Å². The molecule has 6 aliphatic rings. The fraction of sp³-hybridized carbons (Fsp3) is 0.636. The van der Waals surface area contributed by atoms with E-state index in [0.29, 0.717) is 30.0 Å². The minimum atomic E-state index is 0.0280. The van der Waals surface area contributed by atoms with Crippen LogP contribution in [0.3, 0.4) is 0 Å². The van der Waals surface area contributed by atoms with Gasteiger partial charge in [0.15, 0.2) is 5.78 Å². The smallest absolute Gasteiger partial charge is 0.210 e. The SMILES string of the molecule is C[C@]12CC(c3ccc(N4CCCCC4)cc3)C3=C4CCC(=O)C=C4CC[C@H]3[C@@H]1CCC21CCCN1C=O. The summed E-state index contributed by atoms with van der Waals surface area (Å²) >= 11 is 0. The van der Waals surface area contributed by atoms with Crippen molar-refractivity contribution in [3.05, 3.63) is 52.6 Å². The molecule has 2 heterocycles. The van der Waals surface area contributed by atoms with Gasteiger partial charge in [-0.05, 0) is 123 Å². The number of fused-ring (bicyclic) bond motifs is 5. The predicted octanol–water partition coefficient (Wildman–Crippen LogP) is 6.57. The number of piperidine rings is 1. The number of carbonyl (C=O) groups excluding carboxylic acids is 2. The Labute approximate surface area is 222 Å². The van der Waals surface area contributed by atoms with Crippen molar-refractivity contribution in [3.8, 4) is 0 Å². The van der Waals surface area contributed by atoms with Crippen molar-refractivity contribution in [1.29, 1.82) is 0 Å². The maximum atomic E-state index is 12.3. The molecule has 2 aliphatic heterocycles. The van der Waals surface area contributed by atoms with Crippen LogP contribution in [-0.4, -0.2) is 42.3 Å². The number of benzene rings is 1. The molecule has 0 aromatic heterocycles. The summed E-state index contributed by atoms with van der Waals surface area (Å²) in [6.45, 7) is 5.83. The third-order valence-electron chi connectivity index (χ3n) is 11.7. The van der Waals surface area contributed by atoms with Gasteiger partial charge < -0.3 is 9.80 Å². The van der Waals surface area contributed by atoms with E-state index >= 15 is 0 Å². The van der Waals surface area contributed by atoms with Gasteiger partial charge in [-0.15, -0.1) is 0 Å². The number of carbonyl (C=O) groups is 2. The molecule has 1 spiro atoms. The number of rotatable bonds is 3. The Kier molecular flexibility index (Phi) is 5.68. The molecule has 2 saturated carbocycles. The van der Waals surface area contributed by atoms with Gasteiger partial charge in [0.2, 0.25) is 6.41 Å². The molecule has 196 valence electrons. The van der Waals surface area contributed by atoms with Gasteiger partial charge in [-0.2, -0.15) is 0 Å². The molecule has 1 amide bonds. The Morgan fingerprint density at radius 3 is 2.51 bits per heavy atom. The fourth-order valence-electron chi connectivity index (χ4n) is 10.1. The minimum absolute atomic E-state index is 0.0280. The largest absolute Gasteiger partial charge is 0.372 e. The van der Waals surface area contributed by atoms with Crippen LogP contribution in [0, 0.1) is 17.3 Å². The molecule has 2 saturated heterocycles. The van der Waals surface area contributed by atoms with Crippen LogP contribution in [0.4, 0.5) is 5.69 Å². The zero-order valence-electron chi connectivity index (χ0n) is 22.5. The topological polar surface area (TPSA) is 40.6 Å². The van der Waals surface area contributed by atoms with Crippen molar-refractivity contribution in [2.75, 3.05) is 24.5 Å². The molecule has 0 bridgehead atoms. The molecule has 2 unspecified atom stereocenters. The lowest BCUT2D eigenvalue weighted by molar-refractivity contribution is -0.128. The molecule has 0 N–H and O–H groups in total. The highest BCUT2D eigenvalue weighted by atomic mass is 16.1. The van der Waals surface area contributed by atoms with Crippen LogP contribution in [-0.2, 0) is 9.59 Å². The number of nitrogens with zero attached hydrogens (tertiary/aromatic N) is 2. The van der Waals surface area contributed by atoms with E-state index in [1.54, 1.807) is 5.57 Å². The molecule has 0 radical (unpaired) electrons. The van der Waals surface area contributed by atoms with Gasteiger partial charge in [0.05, 0.1) is 0 Å². The van der Waals surface area contributed by atoms with Crippen molar-refractivity contribution in [1.82, 2.24) is 4.90 Å². The average Bonchev–Trinajstić information content (AvgIpc) is 3.49. The molecule has 4 nitrogen and oxygen atoms in total. The first kappa shape index (κ1) is 23.7. The maximum absolute atomic E-state index is 12.3. The number of anilines is 1. The Balaban J connectivity index is 1.33. The van der Waals surface area contributed by atoms with Gasteiger partial charge in [0.25, 0.3) is 0 Å². The van der Waals surface area contributed by atoms with Crippen molar-refractivity contribution < 1.29 is 9.59 Å². The van der Waals surface area contributed by atoms with Gasteiger partial charge in [0, 0.05) is 43.2 Å². The minimum Gasteiger partial charge on any atom is -0.372 e. The Morgan fingerprint density at radius 1 is 0.919 bits per heavy atom. The quantitative estimate of drug-likeness (QED) is 0.443. The fourth-order valence-corrected chi connectivity index (χ4v) is 10.1. The van der Waals surface area contributed by atoms with Crippen molar-refractivity contribution in [2.45, 2.75) is 95.4 Å². The molecule has 4 heteroatoms. The first-order valence-electron chi connectivity index (χ1n) is 15.1. The third kappa shape index (κ3) is 3.46. The number of likely N-dealkylation sites (tertiary alicyclic amines) is 1.